The smallest absolute Gasteiger partial charge is 0.157 e. The molecule has 1 saturated heterocycles. The number of ketones is 1. The number of hydrogen-bond donors (Lipinski definition) is 1. The Balaban J connectivity index is 2.01. The van der Waals surface area contributed by atoms with E-state index in [9.17, 15) is 4.79 Å². The van der Waals surface area contributed by atoms with Crippen LogP contribution >= 0.6 is 0 Å². The van der Waals surface area contributed by atoms with E-state index in [2.05, 4.69) is 5.10 Å². The van der Waals surface area contributed by atoms with Gasteiger partial charge in [0.1, 0.15) is 0 Å². The molecule has 5 nitrogen and oxygen atoms in total. The highest BCUT2D eigenvalue weighted by atomic mass is 16.5. The van der Waals surface area contributed by atoms with Gasteiger partial charge in [-0.25, -0.2) is 0 Å². The first-order chi connectivity index (χ1) is 7.60. The molecular weight excluding hydrogens is 206 g/mol. The Kier molecular flexibility index (Phi) is 3.07. The molecule has 0 saturated carbocycles. The minimum Gasteiger partial charge on any atom is -0.381 e. The molecule has 16 heavy (non-hydrogen) atoms. The fourth-order valence-corrected chi connectivity index (χ4v) is 1.94. The third-order valence-corrected chi connectivity index (χ3v) is 3.06. The molecule has 2 rings (SSSR count). The molecule has 0 spiro atoms. The van der Waals surface area contributed by atoms with Gasteiger partial charge in [-0.2, -0.15) is 5.10 Å². The van der Waals surface area contributed by atoms with Crippen LogP contribution in [0.4, 0.5) is 0 Å². The summed E-state index contributed by atoms with van der Waals surface area (Å²) in [5, 5.41) is 4.04. The molecule has 1 aliphatic rings. The van der Waals surface area contributed by atoms with Gasteiger partial charge in [0.05, 0.1) is 11.7 Å². The van der Waals surface area contributed by atoms with E-state index in [4.69, 9.17) is 10.5 Å². The molecule has 0 aliphatic carbocycles. The van der Waals surface area contributed by atoms with Gasteiger partial charge in [-0.3, -0.25) is 9.48 Å². The lowest BCUT2D eigenvalue weighted by Crippen LogP contribution is -2.52. The van der Waals surface area contributed by atoms with Gasteiger partial charge in [0.25, 0.3) is 0 Å². The van der Waals surface area contributed by atoms with Crippen LogP contribution in [0.1, 0.15) is 18.4 Å². The maximum absolute atomic E-state index is 12.1. The van der Waals surface area contributed by atoms with E-state index in [-0.39, 0.29) is 5.78 Å². The van der Waals surface area contributed by atoms with E-state index >= 15 is 0 Å². The molecule has 0 radical (unpaired) electrons. The van der Waals surface area contributed by atoms with Crippen molar-refractivity contribution in [2.45, 2.75) is 24.8 Å². The van der Waals surface area contributed by atoms with Gasteiger partial charge < -0.3 is 10.5 Å². The first kappa shape index (κ1) is 11.3. The Morgan fingerprint density at radius 2 is 2.31 bits per heavy atom. The van der Waals surface area contributed by atoms with Crippen molar-refractivity contribution in [2.75, 3.05) is 13.2 Å². The van der Waals surface area contributed by atoms with Crippen LogP contribution in [0.3, 0.4) is 0 Å². The van der Waals surface area contributed by atoms with Crippen LogP contribution < -0.4 is 5.73 Å². The Labute approximate surface area is 94.6 Å². The largest absolute Gasteiger partial charge is 0.381 e. The second-order valence-electron chi connectivity index (χ2n) is 4.39. The highest BCUT2D eigenvalue weighted by Gasteiger charge is 2.35. The summed E-state index contributed by atoms with van der Waals surface area (Å²) in [5.74, 6) is 0.0869. The number of Topliss-reactive ketones (excluding diaryl/α,β-unsaturated/α-hetero) is 1. The number of rotatable bonds is 3. The van der Waals surface area contributed by atoms with Crippen LogP contribution in [0.25, 0.3) is 0 Å². The normalized spacial score (nSPS) is 19.6. The number of nitrogens with zero attached hydrogens (tertiary/aromatic N) is 2. The number of carbonyl (C=O) groups is 1. The lowest BCUT2D eigenvalue weighted by Gasteiger charge is -2.31. The number of nitrogens with two attached hydrogens (primary N) is 1. The lowest BCUT2D eigenvalue weighted by molar-refractivity contribution is -0.126. The molecule has 0 aromatic carbocycles. The van der Waals surface area contributed by atoms with Crippen molar-refractivity contribution in [1.82, 2.24) is 9.78 Å². The zero-order valence-electron chi connectivity index (χ0n) is 9.48. The number of ether oxygens (including phenoxy) is 1. The Bertz CT molecular complexity index is 380. The van der Waals surface area contributed by atoms with Gasteiger partial charge in [-0.15, -0.1) is 0 Å². The second kappa shape index (κ2) is 4.35. The van der Waals surface area contributed by atoms with Crippen molar-refractivity contribution in [3.05, 3.63) is 18.0 Å². The first-order valence-corrected chi connectivity index (χ1v) is 5.48. The predicted octanol–water partition coefficient (Wildman–Crippen LogP) is 0.0396. The number of aryl methyl sites for hydroxylation is 1. The maximum Gasteiger partial charge on any atom is 0.157 e. The molecule has 1 aliphatic heterocycles. The quantitative estimate of drug-likeness (QED) is 0.785. The highest BCUT2D eigenvalue weighted by Crippen LogP contribution is 2.20. The van der Waals surface area contributed by atoms with Crippen molar-refractivity contribution in [3.8, 4) is 0 Å². The molecule has 2 heterocycles. The van der Waals surface area contributed by atoms with Crippen molar-refractivity contribution in [2.24, 2.45) is 12.8 Å². The SMILES string of the molecule is Cn1cc(CC(=O)C2(N)CCOCC2)cn1. The zero-order valence-corrected chi connectivity index (χ0v) is 9.48. The molecule has 0 unspecified atom stereocenters. The van der Waals surface area contributed by atoms with Crippen molar-refractivity contribution < 1.29 is 9.53 Å². The lowest BCUT2D eigenvalue weighted by atomic mass is 9.84. The Morgan fingerprint density at radius 1 is 1.62 bits per heavy atom. The zero-order chi connectivity index (χ0) is 11.6. The average molecular weight is 223 g/mol. The molecule has 1 aromatic heterocycles. The summed E-state index contributed by atoms with van der Waals surface area (Å²) < 4.78 is 6.91. The van der Waals surface area contributed by atoms with Crippen LogP contribution in [0.15, 0.2) is 12.4 Å². The summed E-state index contributed by atoms with van der Waals surface area (Å²) >= 11 is 0. The van der Waals surface area contributed by atoms with Gasteiger partial charge in [0, 0.05) is 32.9 Å². The van der Waals surface area contributed by atoms with Gasteiger partial charge in [0.2, 0.25) is 0 Å². The molecule has 0 amide bonds. The molecule has 5 heteroatoms. The fraction of sp³-hybridized carbons (Fsp3) is 0.636. The molecule has 2 N–H and O–H groups in total. The summed E-state index contributed by atoms with van der Waals surface area (Å²) in [4.78, 5) is 12.1. The third kappa shape index (κ3) is 2.31. The van der Waals surface area contributed by atoms with Crippen LogP contribution in [0, 0.1) is 0 Å². The van der Waals surface area contributed by atoms with Crippen LogP contribution in [-0.2, 0) is 23.0 Å². The van der Waals surface area contributed by atoms with Crippen molar-refractivity contribution in [3.63, 3.8) is 0 Å². The summed E-state index contributed by atoms with van der Waals surface area (Å²) in [6.45, 7) is 1.16. The summed E-state index contributed by atoms with van der Waals surface area (Å²) in [6, 6.07) is 0. The van der Waals surface area contributed by atoms with Crippen LogP contribution in [0.2, 0.25) is 0 Å². The van der Waals surface area contributed by atoms with Gasteiger partial charge >= 0.3 is 0 Å². The summed E-state index contributed by atoms with van der Waals surface area (Å²) in [7, 11) is 1.83. The van der Waals surface area contributed by atoms with E-state index in [0.717, 1.165) is 5.56 Å². The third-order valence-electron chi connectivity index (χ3n) is 3.06. The number of carbonyl (C=O) groups excluding carboxylic acids is 1. The standard InChI is InChI=1S/C11H17N3O2/c1-14-8-9(7-13-14)6-10(15)11(12)2-4-16-5-3-11/h7-8H,2-6,12H2,1H3. The molecule has 88 valence electrons. The maximum atomic E-state index is 12.1. The predicted molar refractivity (Wildman–Crippen MR) is 58.9 cm³/mol. The number of aromatic nitrogens is 2. The minimum atomic E-state index is -0.700. The van der Waals surface area contributed by atoms with E-state index in [0.29, 0.717) is 32.5 Å². The highest BCUT2D eigenvalue weighted by molar-refractivity contribution is 5.90. The first-order valence-electron chi connectivity index (χ1n) is 5.48. The fourth-order valence-electron chi connectivity index (χ4n) is 1.94. The van der Waals surface area contributed by atoms with E-state index < -0.39 is 5.54 Å². The minimum absolute atomic E-state index is 0.0869. The molecule has 0 bridgehead atoms. The topological polar surface area (TPSA) is 70.1 Å². The van der Waals surface area contributed by atoms with E-state index in [1.54, 1.807) is 10.9 Å². The Morgan fingerprint density at radius 3 is 2.88 bits per heavy atom. The Hall–Kier alpha value is -1.20. The summed E-state index contributed by atoms with van der Waals surface area (Å²) in [6.07, 6.45) is 5.16. The monoisotopic (exact) mass is 223 g/mol. The molecule has 1 fully saturated rings. The van der Waals surface area contributed by atoms with Crippen molar-refractivity contribution in [1.29, 1.82) is 0 Å². The van der Waals surface area contributed by atoms with Crippen molar-refractivity contribution >= 4 is 5.78 Å². The second-order valence-corrected chi connectivity index (χ2v) is 4.39. The van der Waals surface area contributed by atoms with Crippen LogP contribution in [-0.4, -0.2) is 34.3 Å². The molecular formula is C11H17N3O2. The van der Waals surface area contributed by atoms with Gasteiger partial charge in [-0.05, 0) is 18.4 Å². The number of hydrogen-bond acceptors (Lipinski definition) is 4. The van der Waals surface area contributed by atoms with E-state index in [1.165, 1.54) is 0 Å². The van der Waals surface area contributed by atoms with Gasteiger partial charge in [0.15, 0.2) is 5.78 Å². The molecule has 1 aromatic rings. The van der Waals surface area contributed by atoms with E-state index in [1.807, 2.05) is 13.2 Å². The van der Waals surface area contributed by atoms with Gasteiger partial charge in [-0.1, -0.05) is 0 Å². The molecule has 0 atom stereocenters. The average Bonchev–Trinajstić information content (AvgIpc) is 2.65. The summed E-state index contributed by atoms with van der Waals surface area (Å²) in [5.41, 5.74) is 6.32. The van der Waals surface area contributed by atoms with Crippen LogP contribution in [0.5, 0.6) is 0 Å².